The molecule has 100 valence electrons. The summed E-state index contributed by atoms with van der Waals surface area (Å²) in [5.41, 5.74) is 4.42. The van der Waals surface area contributed by atoms with Crippen LogP contribution in [0.2, 0.25) is 0 Å². The first-order chi connectivity index (χ1) is 9.70. The normalized spacial score (nSPS) is 10.7. The van der Waals surface area contributed by atoms with E-state index in [-0.39, 0.29) is 20.9 Å². The Balaban J connectivity index is 2.09. The Hall–Kier alpha value is -1.49. The number of ether oxygens (including phenoxy) is 1. The number of halogens is 1. The molecule has 0 aliphatic rings. The summed E-state index contributed by atoms with van der Waals surface area (Å²) in [6, 6.07) is 11.3. The first-order valence-corrected chi connectivity index (χ1v) is 8.13. The van der Waals surface area contributed by atoms with Gasteiger partial charge in [-0.1, -0.05) is 0 Å². The summed E-state index contributed by atoms with van der Waals surface area (Å²) in [5.74, 6) is -0.333. The molecular weight excluding hydrogens is 387 g/mol. The Morgan fingerprint density at radius 2 is 1.80 bits per heavy atom. The van der Waals surface area contributed by atoms with Gasteiger partial charge in [0.1, 0.15) is 0 Å². The van der Waals surface area contributed by atoms with E-state index in [1.165, 1.54) is 7.11 Å². The Morgan fingerprint density at radius 3 is 2.50 bits per heavy atom. The van der Waals surface area contributed by atoms with Crippen molar-refractivity contribution in [3.05, 3.63) is 46.4 Å². The van der Waals surface area contributed by atoms with Crippen LogP contribution in [0.3, 0.4) is 0 Å². The zero-order valence-corrected chi connectivity index (χ0v) is 13.8. The van der Waals surface area contributed by atoms with E-state index in [4.69, 9.17) is 4.74 Å². The molecule has 0 unspecified atom stereocenters. The number of rotatable bonds is 2. The van der Waals surface area contributed by atoms with Crippen LogP contribution in [0.4, 0.5) is 0 Å². The van der Waals surface area contributed by atoms with E-state index >= 15 is 0 Å². The SMILES string of the molecule is COC(=O)c1ccc(-c2ccc(Br)c3n[se]nc23)cc1. The molecule has 0 aliphatic carbocycles. The number of methoxy groups -OCH3 is 1. The molecule has 1 heterocycles. The molecule has 3 rings (SSSR count). The van der Waals surface area contributed by atoms with E-state index in [0.717, 1.165) is 26.6 Å². The molecule has 0 bridgehead atoms. The van der Waals surface area contributed by atoms with Gasteiger partial charge in [-0.15, -0.1) is 0 Å². The van der Waals surface area contributed by atoms with Gasteiger partial charge in [0.25, 0.3) is 0 Å². The second-order valence-electron chi connectivity index (χ2n) is 4.13. The van der Waals surface area contributed by atoms with Crippen LogP contribution in [-0.4, -0.2) is 36.0 Å². The van der Waals surface area contributed by atoms with Crippen LogP contribution in [0.1, 0.15) is 10.4 Å². The fourth-order valence-electron chi connectivity index (χ4n) is 1.97. The van der Waals surface area contributed by atoms with Crippen LogP contribution in [0, 0.1) is 0 Å². The van der Waals surface area contributed by atoms with E-state index in [2.05, 4.69) is 23.9 Å². The van der Waals surface area contributed by atoms with Crippen LogP contribution in [0.5, 0.6) is 0 Å². The van der Waals surface area contributed by atoms with Crippen LogP contribution in [-0.2, 0) is 4.74 Å². The molecule has 3 aromatic rings. The molecule has 0 spiro atoms. The monoisotopic (exact) mass is 396 g/mol. The van der Waals surface area contributed by atoms with Crippen molar-refractivity contribution in [2.24, 2.45) is 0 Å². The molecule has 4 nitrogen and oxygen atoms in total. The molecule has 0 N–H and O–H groups in total. The topological polar surface area (TPSA) is 52.1 Å². The molecule has 0 fully saturated rings. The first kappa shape index (κ1) is 13.5. The van der Waals surface area contributed by atoms with E-state index < -0.39 is 0 Å². The zero-order chi connectivity index (χ0) is 14.1. The van der Waals surface area contributed by atoms with Crippen molar-refractivity contribution >= 4 is 47.9 Å². The second-order valence-corrected chi connectivity index (χ2v) is 6.09. The quantitative estimate of drug-likeness (QED) is 0.494. The molecule has 6 heteroatoms. The number of hydrogen-bond donors (Lipinski definition) is 0. The minimum atomic E-state index is -0.333. The molecule has 2 aromatic carbocycles. The molecule has 0 radical (unpaired) electrons. The third kappa shape index (κ3) is 2.30. The second kappa shape index (κ2) is 5.48. The average Bonchev–Trinajstić information content (AvgIpc) is 2.97. The van der Waals surface area contributed by atoms with E-state index in [9.17, 15) is 4.79 Å². The molecule has 0 amide bonds. The van der Waals surface area contributed by atoms with Crippen molar-refractivity contribution in [2.45, 2.75) is 0 Å². The Bertz CT molecular complexity index is 783. The maximum absolute atomic E-state index is 11.4. The molecular formula is C14H9BrN2O2Se. The number of aromatic nitrogens is 2. The minimum absolute atomic E-state index is 0.0765. The summed E-state index contributed by atoms with van der Waals surface area (Å²) in [6.45, 7) is 0. The molecule has 20 heavy (non-hydrogen) atoms. The van der Waals surface area contributed by atoms with Gasteiger partial charge in [0, 0.05) is 0 Å². The van der Waals surface area contributed by atoms with Gasteiger partial charge in [-0.25, -0.2) is 0 Å². The van der Waals surface area contributed by atoms with E-state index in [1.54, 1.807) is 12.1 Å². The fraction of sp³-hybridized carbons (Fsp3) is 0.0714. The van der Waals surface area contributed by atoms with E-state index in [0.29, 0.717) is 5.56 Å². The molecule has 1 aromatic heterocycles. The van der Waals surface area contributed by atoms with Gasteiger partial charge in [-0.2, -0.15) is 0 Å². The first-order valence-electron chi connectivity index (χ1n) is 5.80. The van der Waals surface area contributed by atoms with Crippen LogP contribution in [0.15, 0.2) is 40.9 Å². The van der Waals surface area contributed by atoms with Gasteiger partial charge in [0.15, 0.2) is 0 Å². The summed E-state index contributed by atoms with van der Waals surface area (Å²) in [4.78, 5) is 11.4. The zero-order valence-electron chi connectivity index (χ0n) is 10.5. The van der Waals surface area contributed by atoms with Crippen molar-refractivity contribution in [1.82, 2.24) is 7.96 Å². The van der Waals surface area contributed by atoms with E-state index in [1.807, 2.05) is 24.3 Å². The Labute approximate surface area is 130 Å². The number of benzene rings is 2. The number of hydrogen-bond acceptors (Lipinski definition) is 4. The van der Waals surface area contributed by atoms with Crippen LogP contribution in [0.25, 0.3) is 22.2 Å². The van der Waals surface area contributed by atoms with Crippen molar-refractivity contribution in [2.75, 3.05) is 7.11 Å². The third-order valence-electron chi connectivity index (χ3n) is 2.98. The third-order valence-corrected chi connectivity index (χ3v) is 4.73. The molecule has 0 atom stereocenters. The number of fused-ring (bicyclic) bond motifs is 1. The van der Waals surface area contributed by atoms with Crippen LogP contribution >= 0.6 is 15.9 Å². The standard InChI is InChI=1S/C14H9BrN2O2Se/c1-19-14(18)9-4-2-8(3-5-9)10-6-7-11(15)13-12(10)16-20-17-13/h2-7H,1H3. The average molecular weight is 396 g/mol. The summed E-state index contributed by atoms with van der Waals surface area (Å²) in [7, 11) is 1.38. The summed E-state index contributed by atoms with van der Waals surface area (Å²) >= 11 is 3.41. The number of carbonyl (C=O) groups excluding carboxylic acids is 1. The summed E-state index contributed by atoms with van der Waals surface area (Å²) in [6.07, 6.45) is 0. The predicted molar refractivity (Wildman–Crippen MR) is 81.0 cm³/mol. The number of carbonyl (C=O) groups is 1. The summed E-state index contributed by atoms with van der Waals surface area (Å²) in [5, 5.41) is 0. The number of esters is 1. The number of nitrogens with zero attached hydrogens (tertiary/aromatic N) is 2. The molecule has 0 saturated carbocycles. The Morgan fingerprint density at radius 1 is 1.10 bits per heavy atom. The van der Waals surface area contributed by atoms with Crippen molar-refractivity contribution in [1.29, 1.82) is 0 Å². The fourth-order valence-corrected chi connectivity index (χ4v) is 3.85. The van der Waals surface area contributed by atoms with Crippen molar-refractivity contribution in [3.8, 4) is 11.1 Å². The van der Waals surface area contributed by atoms with Gasteiger partial charge in [-0.05, 0) is 0 Å². The Kier molecular flexibility index (Phi) is 3.70. The van der Waals surface area contributed by atoms with Crippen molar-refractivity contribution in [3.63, 3.8) is 0 Å². The van der Waals surface area contributed by atoms with Gasteiger partial charge in [-0.3, -0.25) is 0 Å². The van der Waals surface area contributed by atoms with Gasteiger partial charge in [0.2, 0.25) is 0 Å². The van der Waals surface area contributed by atoms with Gasteiger partial charge >= 0.3 is 130 Å². The predicted octanol–water partition coefficient (Wildman–Crippen LogP) is 2.90. The van der Waals surface area contributed by atoms with Gasteiger partial charge in [0.05, 0.1) is 0 Å². The van der Waals surface area contributed by atoms with Crippen molar-refractivity contribution < 1.29 is 9.53 Å². The molecule has 0 aliphatic heterocycles. The van der Waals surface area contributed by atoms with Gasteiger partial charge < -0.3 is 0 Å². The van der Waals surface area contributed by atoms with Crippen LogP contribution < -0.4 is 0 Å². The maximum atomic E-state index is 11.4. The molecule has 0 saturated heterocycles. The summed E-state index contributed by atoms with van der Waals surface area (Å²) < 4.78 is 14.6.